The van der Waals surface area contributed by atoms with Crippen LogP contribution in [-0.4, -0.2) is 83.2 Å². The largest absolute Gasteiger partial charge is 0.480 e. The number of hydrogen-bond donors (Lipinski definition) is 4. The third-order valence-corrected chi connectivity index (χ3v) is 5.45. The number of amides is 1. The molecule has 0 aromatic carbocycles. The van der Waals surface area contributed by atoms with Gasteiger partial charge in [0.1, 0.15) is 5.54 Å². The van der Waals surface area contributed by atoms with E-state index in [2.05, 4.69) is 0 Å². The molecule has 24 heavy (non-hydrogen) atoms. The average Bonchev–Trinajstić information content (AvgIpc) is 2.95. The summed E-state index contributed by atoms with van der Waals surface area (Å²) in [4.78, 5) is 27.6. The van der Waals surface area contributed by atoms with E-state index in [9.17, 15) is 14.7 Å². The van der Waals surface area contributed by atoms with Crippen molar-refractivity contribution in [2.24, 2.45) is 23.5 Å². The number of nitrogens with two attached hydrogens (primary N) is 1. The molecule has 1 saturated heterocycles. The van der Waals surface area contributed by atoms with E-state index in [1.165, 1.54) is 0 Å². The molecule has 0 radical (unpaired) electrons. The molecule has 8 nitrogen and oxygen atoms in total. The highest BCUT2D eigenvalue weighted by atomic mass is 16.4. The summed E-state index contributed by atoms with van der Waals surface area (Å²) in [5.41, 5.74) is 4.93. The molecule has 0 aromatic heterocycles. The quantitative estimate of drug-likeness (QED) is 0.423. The molecule has 9 heteroatoms. The molecular formula is C15H28BN3O5. The molecule has 1 saturated carbocycles. The number of likely N-dealkylation sites (N-methyl/N-ethyl adjacent to an activating group) is 1. The number of nitrogens with zero attached hydrogens (tertiary/aromatic N) is 2. The van der Waals surface area contributed by atoms with Crippen molar-refractivity contribution in [2.45, 2.75) is 31.1 Å². The molecule has 2 rings (SSSR count). The molecule has 1 aliphatic heterocycles. The van der Waals surface area contributed by atoms with Crippen LogP contribution >= 0.6 is 0 Å². The topological polar surface area (TPSA) is 127 Å². The van der Waals surface area contributed by atoms with Crippen molar-refractivity contribution in [3.05, 3.63) is 0 Å². The maximum atomic E-state index is 12.3. The maximum absolute atomic E-state index is 12.3. The first-order valence-electron chi connectivity index (χ1n) is 8.46. The van der Waals surface area contributed by atoms with Gasteiger partial charge in [-0.15, -0.1) is 0 Å². The smallest absolute Gasteiger partial charge is 0.451 e. The standard InChI is InChI=1S/C15H28BN3O5/c1-18(2)9-13(20)19-7-10-6-15(17,14(21)22)12(11(10)8-19)4-3-5-16(23)24/h10-12,23-24H,3-9,17H2,1-2H3,(H,21,22). The summed E-state index contributed by atoms with van der Waals surface area (Å²) in [5.74, 6) is -1.04. The summed E-state index contributed by atoms with van der Waals surface area (Å²) in [7, 11) is 2.29. The lowest BCUT2D eigenvalue weighted by Crippen LogP contribution is -2.53. The highest BCUT2D eigenvalue weighted by Gasteiger charge is 2.58. The second-order valence-corrected chi connectivity index (χ2v) is 7.53. The Kier molecular flexibility index (Phi) is 5.90. The third kappa shape index (κ3) is 3.91. The first-order valence-corrected chi connectivity index (χ1v) is 8.46. The fourth-order valence-electron chi connectivity index (χ4n) is 4.35. The molecule has 136 valence electrons. The Morgan fingerprint density at radius 3 is 2.54 bits per heavy atom. The minimum absolute atomic E-state index is 0.0527. The van der Waals surface area contributed by atoms with Crippen molar-refractivity contribution in [1.82, 2.24) is 9.80 Å². The molecule has 2 aliphatic rings. The third-order valence-electron chi connectivity index (χ3n) is 5.45. The number of carboxylic acids is 1. The number of rotatable bonds is 7. The van der Waals surface area contributed by atoms with Gasteiger partial charge in [-0.1, -0.05) is 6.42 Å². The highest BCUT2D eigenvalue weighted by Crippen LogP contribution is 2.49. The van der Waals surface area contributed by atoms with Gasteiger partial charge in [0.05, 0.1) is 6.54 Å². The first-order chi connectivity index (χ1) is 11.1. The summed E-state index contributed by atoms with van der Waals surface area (Å²) < 4.78 is 0. The zero-order valence-corrected chi connectivity index (χ0v) is 14.4. The Morgan fingerprint density at radius 2 is 2.00 bits per heavy atom. The number of likely N-dealkylation sites (tertiary alicyclic amines) is 1. The van der Waals surface area contributed by atoms with Crippen molar-refractivity contribution in [2.75, 3.05) is 33.7 Å². The van der Waals surface area contributed by atoms with Crippen molar-refractivity contribution in [1.29, 1.82) is 0 Å². The Balaban J connectivity index is 2.07. The number of fused-ring (bicyclic) bond motifs is 1. The van der Waals surface area contributed by atoms with Crippen LogP contribution in [0, 0.1) is 17.8 Å². The Labute approximate surface area is 142 Å². The van der Waals surface area contributed by atoms with Gasteiger partial charge in [0.15, 0.2) is 0 Å². The lowest BCUT2D eigenvalue weighted by atomic mass is 9.76. The van der Waals surface area contributed by atoms with Crippen LogP contribution in [0.4, 0.5) is 0 Å². The fraction of sp³-hybridized carbons (Fsp3) is 0.867. The SMILES string of the molecule is CN(C)CC(=O)N1CC2CC(N)(C(=O)O)C(CCCB(O)O)C2C1. The summed E-state index contributed by atoms with van der Waals surface area (Å²) in [6, 6.07) is 0. The zero-order chi connectivity index (χ0) is 18.1. The Hall–Kier alpha value is -1.16. The molecule has 5 N–H and O–H groups in total. The van der Waals surface area contributed by atoms with Crippen LogP contribution in [-0.2, 0) is 9.59 Å². The van der Waals surface area contributed by atoms with Gasteiger partial charge in [-0.2, -0.15) is 0 Å². The fourth-order valence-corrected chi connectivity index (χ4v) is 4.35. The molecule has 0 bridgehead atoms. The van der Waals surface area contributed by atoms with Crippen molar-refractivity contribution >= 4 is 19.0 Å². The first kappa shape index (κ1) is 19.2. The number of carboxylic acid groups (broad SMARTS) is 1. The molecule has 0 spiro atoms. The van der Waals surface area contributed by atoms with E-state index in [-0.39, 0.29) is 30.0 Å². The van der Waals surface area contributed by atoms with E-state index in [4.69, 9.17) is 15.8 Å². The molecule has 1 aliphatic carbocycles. The van der Waals surface area contributed by atoms with Gasteiger partial charge in [-0.3, -0.25) is 9.59 Å². The van der Waals surface area contributed by atoms with Crippen LogP contribution in [0.25, 0.3) is 0 Å². The van der Waals surface area contributed by atoms with Gasteiger partial charge in [0.25, 0.3) is 0 Å². The predicted molar refractivity (Wildman–Crippen MR) is 89.0 cm³/mol. The van der Waals surface area contributed by atoms with Crippen molar-refractivity contribution < 1.29 is 24.7 Å². The van der Waals surface area contributed by atoms with E-state index in [0.717, 1.165) is 0 Å². The average molecular weight is 341 g/mol. The number of hydrogen-bond acceptors (Lipinski definition) is 6. The van der Waals surface area contributed by atoms with Crippen LogP contribution in [0.15, 0.2) is 0 Å². The van der Waals surface area contributed by atoms with Crippen LogP contribution in [0.5, 0.6) is 0 Å². The van der Waals surface area contributed by atoms with Gasteiger partial charge >= 0.3 is 13.1 Å². The summed E-state index contributed by atoms with van der Waals surface area (Å²) in [5, 5.41) is 27.6. The molecule has 2 fully saturated rings. The lowest BCUT2D eigenvalue weighted by Gasteiger charge is -2.31. The minimum Gasteiger partial charge on any atom is -0.480 e. The van der Waals surface area contributed by atoms with E-state index >= 15 is 0 Å². The molecule has 4 unspecified atom stereocenters. The van der Waals surface area contributed by atoms with Gasteiger partial charge in [0, 0.05) is 13.1 Å². The van der Waals surface area contributed by atoms with Gasteiger partial charge in [-0.05, 0) is 51.0 Å². The molecule has 1 amide bonds. The monoisotopic (exact) mass is 341 g/mol. The van der Waals surface area contributed by atoms with Crippen molar-refractivity contribution in [3.63, 3.8) is 0 Å². The van der Waals surface area contributed by atoms with Crippen LogP contribution in [0.3, 0.4) is 0 Å². The normalized spacial score (nSPS) is 32.2. The number of carbonyl (C=O) groups is 2. The second-order valence-electron chi connectivity index (χ2n) is 7.53. The van der Waals surface area contributed by atoms with E-state index in [1.807, 2.05) is 23.9 Å². The van der Waals surface area contributed by atoms with Crippen molar-refractivity contribution in [3.8, 4) is 0 Å². The maximum Gasteiger partial charge on any atom is 0.451 e. The van der Waals surface area contributed by atoms with Crippen LogP contribution < -0.4 is 5.73 Å². The Bertz CT molecular complexity index is 490. The van der Waals surface area contributed by atoms with Crippen LogP contribution in [0.2, 0.25) is 6.32 Å². The number of aliphatic carboxylic acids is 1. The summed E-state index contributed by atoms with van der Waals surface area (Å²) >= 11 is 0. The predicted octanol–water partition coefficient (Wildman–Crippen LogP) is -1.32. The zero-order valence-electron chi connectivity index (χ0n) is 14.4. The molecule has 1 heterocycles. The second kappa shape index (κ2) is 7.39. The van der Waals surface area contributed by atoms with Gasteiger partial charge < -0.3 is 30.7 Å². The van der Waals surface area contributed by atoms with E-state index in [0.29, 0.717) is 38.9 Å². The van der Waals surface area contributed by atoms with Crippen LogP contribution in [0.1, 0.15) is 19.3 Å². The van der Waals surface area contributed by atoms with E-state index in [1.54, 1.807) is 0 Å². The lowest BCUT2D eigenvalue weighted by molar-refractivity contribution is -0.145. The van der Waals surface area contributed by atoms with E-state index < -0.39 is 18.6 Å². The molecular weight excluding hydrogens is 313 g/mol. The van der Waals surface area contributed by atoms with Gasteiger partial charge in [0.2, 0.25) is 5.91 Å². The molecule has 4 atom stereocenters. The summed E-state index contributed by atoms with van der Waals surface area (Å²) in [6.45, 7) is 1.44. The highest BCUT2D eigenvalue weighted by molar-refractivity contribution is 6.40. The van der Waals surface area contributed by atoms with Gasteiger partial charge in [-0.25, -0.2) is 0 Å². The Morgan fingerprint density at radius 1 is 1.33 bits per heavy atom. The molecule has 0 aromatic rings. The minimum atomic E-state index is -1.39. The summed E-state index contributed by atoms with van der Waals surface area (Å²) in [6.07, 6.45) is 1.60. The number of carbonyl (C=O) groups excluding carboxylic acids is 1.